The van der Waals surface area contributed by atoms with Crippen LogP contribution in [-0.2, 0) is 27.5 Å². The molecule has 34 heavy (non-hydrogen) atoms. The summed E-state index contributed by atoms with van der Waals surface area (Å²) in [6.45, 7) is -0.0331. The van der Waals surface area contributed by atoms with Gasteiger partial charge in [0.05, 0.1) is 29.3 Å². The number of aromatic nitrogens is 2. The van der Waals surface area contributed by atoms with Gasteiger partial charge in [-0.2, -0.15) is 0 Å². The lowest BCUT2D eigenvalue weighted by Crippen LogP contribution is -2.43. The molecule has 2 unspecified atom stereocenters. The number of hydrogen-bond acceptors (Lipinski definition) is 5. The second-order valence-electron chi connectivity index (χ2n) is 8.68. The van der Waals surface area contributed by atoms with Crippen LogP contribution in [0.3, 0.4) is 0 Å². The van der Waals surface area contributed by atoms with E-state index >= 15 is 0 Å². The molecule has 0 spiro atoms. The molecule has 2 aromatic carbocycles. The standard InChI is InChI=1S/C26H24N4O4/c31-23(16-30-25(33)18-10-4-5-11-19(18)26(30)34)29(14-17-8-2-1-3-9-17)15-22-27-21-13-7-6-12-20(21)24(32)28-22/h1-9,12-13,18-19H,10-11,14-16H2,(H,27,28,32). The molecule has 8 nitrogen and oxygen atoms in total. The number of nitrogens with zero attached hydrogens (tertiary/aromatic N) is 3. The molecule has 1 fully saturated rings. The molecule has 3 amide bonds. The average Bonchev–Trinajstić information content (AvgIpc) is 3.09. The number of imide groups is 1. The Bertz CT molecular complexity index is 1320. The number of aromatic amines is 1. The highest BCUT2D eigenvalue weighted by Gasteiger charge is 2.47. The molecule has 1 aliphatic heterocycles. The zero-order chi connectivity index (χ0) is 23.7. The van der Waals surface area contributed by atoms with E-state index in [2.05, 4.69) is 9.97 Å². The van der Waals surface area contributed by atoms with Crippen molar-refractivity contribution < 1.29 is 14.4 Å². The largest absolute Gasteiger partial charge is 0.329 e. The van der Waals surface area contributed by atoms with Gasteiger partial charge in [0.1, 0.15) is 12.4 Å². The molecular weight excluding hydrogens is 432 g/mol. The number of para-hydroxylation sites is 1. The average molecular weight is 457 g/mol. The molecule has 0 saturated carbocycles. The van der Waals surface area contributed by atoms with Crippen molar-refractivity contribution >= 4 is 28.6 Å². The van der Waals surface area contributed by atoms with Crippen LogP contribution in [-0.4, -0.2) is 44.0 Å². The number of allylic oxidation sites excluding steroid dienone is 2. The second-order valence-corrected chi connectivity index (χ2v) is 8.68. The van der Waals surface area contributed by atoms with E-state index in [1.54, 1.807) is 24.3 Å². The molecule has 0 radical (unpaired) electrons. The Morgan fingerprint density at radius 1 is 0.912 bits per heavy atom. The van der Waals surface area contributed by atoms with E-state index in [0.717, 1.165) is 10.5 Å². The van der Waals surface area contributed by atoms with E-state index in [1.165, 1.54) is 4.90 Å². The van der Waals surface area contributed by atoms with Crippen molar-refractivity contribution in [3.05, 3.63) is 88.5 Å². The highest BCUT2D eigenvalue weighted by molar-refractivity contribution is 6.07. The van der Waals surface area contributed by atoms with Crippen molar-refractivity contribution in [1.29, 1.82) is 0 Å². The van der Waals surface area contributed by atoms with E-state index in [4.69, 9.17) is 0 Å². The van der Waals surface area contributed by atoms with Crippen molar-refractivity contribution in [3.8, 4) is 0 Å². The zero-order valence-electron chi connectivity index (χ0n) is 18.5. The molecule has 172 valence electrons. The summed E-state index contributed by atoms with van der Waals surface area (Å²) in [5, 5.41) is 0.469. The minimum Gasteiger partial charge on any atom is -0.329 e. The van der Waals surface area contributed by atoms with E-state index < -0.39 is 0 Å². The number of amides is 3. The van der Waals surface area contributed by atoms with Gasteiger partial charge in [-0.1, -0.05) is 54.6 Å². The first kappa shape index (κ1) is 21.8. The molecule has 5 rings (SSSR count). The van der Waals surface area contributed by atoms with Crippen LogP contribution in [0, 0.1) is 11.8 Å². The number of benzene rings is 2. The van der Waals surface area contributed by atoms with Crippen molar-refractivity contribution in [2.24, 2.45) is 11.8 Å². The fraction of sp³-hybridized carbons (Fsp3) is 0.269. The number of fused-ring (bicyclic) bond motifs is 2. The lowest BCUT2D eigenvalue weighted by Gasteiger charge is -2.25. The fourth-order valence-corrected chi connectivity index (χ4v) is 4.69. The van der Waals surface area contributed by atoms with Crippen LogP contribution in [0.5, 0.6) is 0 Å². The van der Waals surface area contributed by atoms with E-state index in [9.17, 15) is 19.2 Å². The van der Waals surface area contributed by atoms with E-state index in [-0.39, 0.29) is 54.8 Å². The molecule has 2 heterocycles. The maximum Gasteiger partial charge on any atom is 0.258 e. The normalized spacial score (nSPS) is 19.5. The molecule has 8 heteroatoms. The number of rotatable bonds is 6. The van der Waals surface area contributed by atoms with Gasteiger partial charge in [-0.15, -0.1) is 0 Å². The van der Waals surface area contributed by atoms with Crippen molar-refractivity contribution in [1.82, 2.24) is 19.8 Å². The quantitative estimate of drug-likeness (QED) is 0.453. The lowest BCUT2D eigenvalue weighted by atomic mass is 9.85. The Morgan fingerprint density at radius 3 is 2.26 bits per heavy atom. The Hall–Kier alpha value is -4.07. The minimum absolute atomic E-state index is 0.0401. The van der Waals surface area contributed by atoms with Crippen LogP contribution >= 0.6 is 0 Å². The van der Waals surface area contributed by atoms with Crippen molar-refractivity contribution in [3.63, 3.8) is 0 Å². The number of H-pyrrole nitrogens is 1. The molecule has 1 aliphatic carbocycles. The van der Waals surface area contributed by atoms with Gasteiger partial charge in [0.25, 0.3) is 5.56 Å². The van der Waals surface area contributed by atoms with Crippen LogP contribution in [0.4, 0.5) is 0 Å². The Morgan fingerprint density at radius 2 is 1.56 bits per heavy atom. The first-order valence-electron chi connectivity index (χ1n) is 11.3. The lowest BCUT2D eigenvalue weighted by molar-refractivity contribution is -0.147. The highest BCUT2D eigenvalue weighted by Crippen LogP contribution is 2.35. The smallest absolute Gasteiger partial charge is 0.258 e. The second kappa shape index (κ2) is 9.05. The van der Waals surface area contributed by atoms with Gasteiger partial charge in [0, 0.05) is 6.54 Å². The third-order valence-electron chi connectivity index (χ3n) is 6.46. The van der Waals surface area contributed by atoms with Gasteiger partial charge in [-0.05, 0) is 30.5 Å². The van der Waals surface area contributed by atoms with Gasteiger partial charge in [-0.25, -0.2) is 4.98 Å². The summed E-state index contributed by atoms with van der Waals surface area (Å²) in [7, 11) is 0. The molecule has 2 aliphatic rings. The summed E-state index contributed by atoms with van der Waals surface area (Å²) in [6, 6.07) is 16.4. The number of nitrogens with one attached hydrogen (secondary N) is 1. The molecule has 1 saturated heterocycles. The number of carbonyl (C=O) groups excluding carboxylic acids is 3. The molecule has 1 N–H and O–H groups in total. The summed E-state index contributed by atoms with van der Waals surface area (Å²) < 4.78 is 0. The van der Waals surface area contributed by atoms with Crippen LogP contribution < -0.4 is 5.56 Å². The Labute approximate surface area is 195 Å². The SMILES string of the molecule is O=C(CN1C(=O)C2CC=CCC2C1=O)N(Cc1ccccc1)Cc1nc2ccccc2c(=O)[nH]1. The molecule has 0 bridgehead atoms. The van der Waals surface area contributed by atoms with E-state index in [1.807, 2.05) is 42.5 Å². The van der Waals surface area contributed by atoms with Crippen LogP contribution in [0.1, 0.15) is 24.2 Å². The maximum atomic E-state index is 13.4. The topological polar surface area (TPSA) is 103 Å². The zero-order valence-corrected chi connectivity index (χ0v) is 18.5. The fourth-order valence-electron chi connectivity index (χ4n) is 4.69. The van der Waals surface area contributed by atoms with Gasteiger partial charge < -0.3 is 9.88 Å². The minimum atomic E-state index is -0.383. The van der Waals surface area contributed by atoms with E-state index in [0.29, 0.717) is 29.6 Å². The number of likely N-dealkylation sites (tertiary alicyclic amines) is 1. The molecule has 1 aromatic heterocycles. The van der Waals surface area contributed by atoms with Crippen molar-refractivity contribution in [2.45, 2.75) is 25.9 Å². The Kier molecular flexibility index (Phi) is 5.79. The number of carbonyl (C=O) groups is 3. The molecule has 3 aromatic rings. The summed E-state index contributed by atoms with van der Waals surface area (Å²) in [4.78, 5) is 61.5. The van der Waals surface area contributed by atoms with Crippen LogP contribution in [0.2, 0.25) is 0 Å². The van der Waals surface area contributed by atoms with Crippen molar-refractivity contribution in [2.75, 3.05) is 6.54 Å². The predicted molar refractivity (Wildman–Crippen MR) is 125 cm³/mol. The predicted octanol–water partition coefficient (Wildman–Crippen LogP) is 2.40. The monoisotopic (exact) mass is 456 g/mol. The summed E-state index contributed by atoms with van der Waals surface area (Å²) in [6.07, 6.45) is 4.88. The van der Waals surface area contributed by atoms with Gasteiger partial charge in [0.15, 0.2) is 0 Å². The first-order chi connectivity index (χ1) is 16.5. The van der Waals surface area contributed by atoms with Crippen LogP contribution in [0.15, 0.2) is 71.5 Å². The summed E-state index contributed by atoms with van der Waals surface area (Å²) in [5.41, 5.74) is 1.14. The third kappa shape index (κ3) is 4.14. The van der Waals surface area contributed by atoms with Gasteiger partial charge >= 0.3 is 0 Å². The maximum absolute atomic E-state index is 13.4. The first-order valence-corrected chi connectivity index (χ1v) is 11.3. The van der Waals surface area contributed by atoms with Gasteiger partial charge in [0.2, 0.25) is 17.7 Å². The van der Waals surface area contributed by atoms with Gasteiger partial charge in [-0.3, -0.25) is 24.1 Å². The summed E-state index contributed by atoms with van der Waals surface area (Å²) in [5.74, 6) is -1.38. The summed E-state index contributed by atoms with van der Waals surface area (Å²) >= 11 is 0. The Balaban J connectivity index is 1.41. The third-order valence-corrected chi connectivity index (χ3v) is 6.46. The molecular formula is C26H24N4O4. The highest BCUT2D eigenvalue weighted by atomic mass is 16.2. The molecule has 2 atom stereocenters. The van der Waals surface area contributed by atoms with Crippen LogP contribution in [0.25, 0.3) is 10.9 Å². The number of hydrogen-bond donors (Lipinski definition) is 1.